The Balaban J connectivity index is 2.00. The first-order chi connectivity index (χ1) is 9.47. The molecule has 8 heteroatoms. The van der Waals surface area contributed by atoms with Crippen LogP contribution >= 0.6 is 11.8 Å². The van der Waals surface area contributed by atoms with Gasteiger partial charge in [0, 0.05) is 12.2 Å². The number of halogens is 1. The van der Waals surface area contributed by atoms with Gasteiger partial charge in [-0.15, -0.1) is 0 Å². The molecule has 1 aromatic carbocycles. The average molecular weight is 298 g/mol. The molecule has 1 fully saturated rings. The number of imide groups is 1. The fourth-order valence-corrected chi connectivity index (χ4v) is 2.58. The van der Waals surface area contributed by atoms with Crippen molar-refractivity contribution in [1.29, 1.82) is 0 Å². The van der Waals surface area contributed by atoms with Crippen LogP contribution in [0.4, 0.5) is 14.9 Å². The first-order valence-corrected chi connectivity index (χ1v) is 6.61. The van der Waals surface area contributed by atoms with Crippen molar-refractivity contribution < 1.29 is 23.9 Å². The molecular weight excluding hydrogens is 287 g/mol. The predicted octanol–water partition coefficient (Wildman–Crippen LogP) is 1.73. The number of aliphatic carboxylic acids is 1. The third-order valence-corrected chi connectivity index (χ3v) is 3.60. The minimum atomic E-state index is -1.08. The molecule has 1 aliphatic heterocycles. The summed E-state index contributed by atoms with van der Waals surface area (Å²) in [5.74, 6) is -1.98. The SMILES string of the molecule is O=C(O)CCN1C(=O)SC(Nc2ccc(F)cc2)C1=O. The van der Waals surface area contributed by atoms with Crippen molar-refractivity contribution in [3.8, 4) is 0 Å². The van der Waals surface area contributed by atoms with Gasteiger partial charge in [-0.3, -0.25) is 19.3 Å². The van der Waals surface area contributed by atoms with E-state index >= 15 is 0 Å². The van der Waals surface area contributed by atoms with Gasteiger partial charge in [0.25, 0.3) is 11.1 Å². The molecule has 0 aromatic heterocycles. The highest BCUT2D eigenvalue weighted by atomic mass is 32.2. The number of amides is 2. The fraction of sp³-hybridized carbons (Fsp3) is 0.250. The number of anilines is 1. The number of hydrogen-bond donors (Lipinski definition) is 2. The summed E-state index contributed by atoms with van der Waals surface area (Å²) in [5, 5.41) is 10.1. The number of carbonyl (C=O) groups excluding carboxylic acids is 2. The number of carboxylic acids is 1. The van der Waals surface area contributed by atoms with Gasteiger partial charge in [-0.1, -0.05) is 0 Å². The molecule has 1 aromatic rings. The summed E-state index contributed by atoms with van der Waals surface area (Å²) in [6, 6.07) is 5.37. The zero-order chi connectivity index (χ0) is 14.7. The van der Waals surface area contributed by atoms with Crippen LogP contribution in [0.25, 0.3) is 0 Å². The first kappa shape index (κ1) is 14.3. The van der Waals surface area contributed by atoms with E-state index in [9.17, 15) is 18.8 Å². The van der Waals surface area contributed by atoms with Gasteiger partial charge < -0.3 is 10.4 Å². The predicted molar refractivity (Wildman–Crippen MR) is 70.8 cm³/mol. The van der Waals surface area contributed by atoms with Crippen LogP contribution in [0.15, 0.2) is 24.3 Å². The monoisotopic (exact) mass is 298 g/mol. The van der Waals surface area contributed by atoms with Crippen molar-refractivity contribution in [2.24, 2.45) is 0 Å². The molecule has 2 N–H and O–H groups in total. The number of nitrogens with one attached hydrogen (secondary N) is 1. The maximum Gasteiger partial charge on any atom is 0.305 e. The number of carbonyl (C=O) groups is 3. The molecule has 106 valence electrons. The van der Waals surface area contributed by atoms with Crippen LogP contribution in [0, 0.1) is 5.82 Å². The quantitative estimate of drug-likeness (QED) is 0.861. The highest BCUT2D eigenvalue weighted by Gasteiger charge is 2.39. The topological polar surface area (TPSA) is 86.7 Å². The Bertz CT molecular complexity index is 549. The standard InChI is InChI=1S/C12H11FN2O4S/c13-7-1-3-8(4-2-7)14-10-11(18)15(12(19)20-10)6-5-9(16)17/h1-4,10,14H,5-6H2,(H,16,17). The molecule has 2 amide bonds. The summed E-state index contributed by atoms with van der Waals surface area (Å²) in [6.07, 6.45) is -0.290. The van der Waals surface area contributed by atoms with E-state index in [4.69, 9.17) is 5.11 Å². The second kappa shape index (κ2) is 5.91. The van der Waals surface area contributed by atoms with Gasteiger partial charge in [-0.25, -0.2) is 4.39 Å². The molecule has 1 heterocycles. The molecule has 1 aliphatic rings. The summed E-state index contributed by atoms with van der Waals surface area (Å²) in [4.78, 5) is 35.0. The fourth-order valence-electron chi connectivity index (χ4n) is 1.64. The van der Waals surface area contributed by atoms with Gasteiger partial charge in [-0.2, -0.15) is 0 Å². The van der Waals surface area contributed by atoms with E-state index in [1.54, 1.807) is 0 Å². The summed E-state index contributed by atoms with van der Waals surface area (Å²) in [7, 11) is 0. The Morgan fingerprint density at radius 1 is 1.35 bits per heavy atom. The van der Waals surface area contributed by atoms with Crippen LogP contribution in [0.1, 0.15) is 6.42 Å². The number of nitrogens with zero attached hydrogens (tertiary/aromatic N) is 1. The molecular formula is C12H11FN2O4S. The summed E-state index contributed by atoms with van der Waals surface area (Å²) in [5.41, 5.74) is 0.505. The van der Waals surface area contributed by atoms with Crippen molar-refractivity contribution >= 4 is 34.6 Å². The van der Waals surface area contributed by atoms with E-state index in [0.29, 0.717) is 5.69 Å². The Labute approximate surface area is 117 Å². The Morgan fingerprint density at radius 2 is 2.00 bits per heavy atom. The van der Waals surface area contributed by atoms with Crippen molar-refractivity contribution in [3.05, 3.63) is 30.1 Å². The normalized spacial score (nSPS) is 18.4. The number of benzene rings is 1. The third-order valence-electron chi connectivity index (χ3n) is 2.62. The smallest absolute Gasteiger partial charge is 0.305 e. The van der Waals surface area contributed by atoms with E-state index in [1.807, 2.05) is 0 Å². The molecule has 1 unspecified atom stereocenters. The van der Waals surface area contributed by atoms with Crippen LogP contribution in [-0.4, -0.2) is 39.0 Å². The lowest BCUT2D eigenvalue weighted by atomic mass is 10.3. The van der Waals surface area contributed by atoms with Crippen LogP contribution in [0.5, 0.6) is 0 Å². The van der Waals surface area contributed by atoms with Crippen molar-refractivity contribution in [2.75, 3.05) is 11.9 Å². The van der Waals surface area contributed by atoms with Gasteiger partial charge in [0.1, 0.15) is 5.82 Å². The highest BCUT2D eigenvalue weighted by molar-refractivity contribution is 8.15. The van der Waals surface area contributed by atoms with E-state index < -0.39 is 28.3 Å². The molecule has 0 radical (unpaired) electrons. The zero-order valence-corrected chi connectivity index (χ0v) is 11.0. The maximum atomic E-state index is 12.8. The molecule has 0 bridgehead atoms. The number of hydrogen-bond acceptors (Lipinski definition) is 5. The lowest BCUT2D eigenvalue weighted by Crippen LogP contribution is -2.35. The van der Waals surface area contributed by atoms with Gasteiger partial charge >= 0.3 is 5.97 Å². The second-order valence-corrected chi connectivity index (χ2v) is 5.10. The molecule has 0 saturated carbocycles. The van der Waals surface area contributed by atoms with Crippen LogP contribution in [-0.2, 0) is 9.59 Å². The number of thioether (sulfide) groups is 1. The van der Waals surface area contributed by atoms with E-state index in [2.05, 4.69) is 5.32 Å². The van der Waals surface area contributed by atoms with Crippen LogP contribution in [0.2, 0.25) is 0 Å². The Morgan fingerprint density at radius 3 is 2.60 bits per heavy atom. The molecule has 0 aliphatic carbocycles. The minimum absolute atomic E-state index is 0.151. The number of rotatable bonds is 5. The second-order valence-electron chi connectivity index (χ2n) is 4.05. The average Bonchev–Trinajstić information content (AvgIpc) is 2.65. The zero-order valence-electron chi connectivity index (χ0n) is 10.2. The molecule has 0 spiro atoms. The molecule has 1 saturated heterocycles. The largest absolute Gasteiger partial charge is 0.481 e. The van der Waals surface area contributed by atoms with Crippen molar-refractivity contribution in [2.45, 2.75) is 11.8 Å². The van der Waals surface area contributed by atoms with E-state index in [1.165, 1.54) is 24.3 Å². The van der Waals surface area contributed by atoms with Crippen LogP contribution in [0.3, 0.4) is 0 Å². The minimum Gasteiger partial charge on any atom is -0.481 e. The molecule has 1 atom stereocenters. The van der Waals surface area contributed by atoms with Crippen molar-refractivity contribution in [3.63, 3.8) is 0 Å². The summed E-state index contributed by atoms with van der Waals surface area (Å²) < 4.78 is 12.8. The Kier molecular flexibility index (Phi) is 4.23. The summed E-state index contributed by atoms with van der Waals surface area (Å²) in [6.45, 7) is -0.151. The third kappa shape index (κ3) is 3.27. The first-order valence-electron chi connectivity index (χ1n) is 5.73. The highest BCUT2D eigenvalue weighted by Crippen LogP contribution is 2.28. The van der Waals surface area contributed by atoms with E-state index in [-0.39, 0.29) is 13.0 Å². The lowest BCUT2D eigenvalue weighted by Gasteiger charge is -2.13. The van der Waals surface area contributed by atoms with Gasteiger partial charge in [0.05, 0.1) is 6.42 Å². The molecule has 2 rings (SSSR count). The van der Waals surface area contributed by atoms with Crippen molar-refractivity contribution in [1.82, 2.24) is 4.90 Å². The van der Waals surface area contributed by atoms with Gasteiger partial charge in [0.2, 0.25) is 0 Å². The molecule has 20 heavy (non-hydrogen) atoms. The van der Waals surface area contributed by atoms with Gasteiger partial charge in [0.15, 0.2) is 5.37 Å². The number of carboxylic acid groups (broad SMARTS) is 1. The van der Waals surface area contributed by atoms with E-state index in [0.717, 1.165) is 16.7 Å². The van der Waals surface area contributed by atoms with Crippen LogP contribution < -0.4 is 5.32 Å². The maximum absolute atomic E-state index is 12.8. The molecule has 6 nitrogen and oxygen atoms in total. The summed E-state index contributed by atoms with van der Waals surface area (Å²) >= 11 is 0.772. The lowest BCUT2D eigenvalue weighted by molar-refractivity contribution is -0.137. The Hall–Kier alpha value is -2.09. The van der Waals surface area contributed by atoms with Gasteiger partial charge in [-0.05, 0) is 36.0 Å².